The van der Waals surface area contributed by atoms with Crippen LogP contribution >= 0.6 is 35.7 Å². The summed E-state index contributed by atoms with van der Waals surface area (Å²) in [4.78, 5) is 8.26. The molecule has 2 rings (SSSR count). The molecule has 4 nitrogen and oxygen atoms in total. The Balaban J connectivity index is 0.00000338. The zero-order valence-electron chi connectivity index (χ0n) is 15.7. The van der Waals surface area contributed by atoms with Crippen molar-refractivity contribution >= 4 is 41.7 Å². The maximum absolute atomic E-state index is 12.4. The summed E-state index contributed by atoms with van der Waals surface area (Å²) in [6.45, 7) is 5.48. The fraction of sp³-hybridized carbons (Fsp3) is 0.941. The van der Waals surface area contributed by atoms with Gasteiger partial charge in [0.05, 0.1) is 6.54 Å². The molecule has 154 valence electrons. The lowest BCUT2D eigenvalue weighted by Crippen LogP contribution is -2.48. The van der Waals surface area contributed by atoms with Crippen molar-refractivity contribution in [3.8, 4) is 0 Å². The average molecular weight is 508 g/mol. The first-order valence-corrected chi connectivity index (χ1v) is 10.3. The highest BCUT2D eigenvalue weighted by Crippen LogP contribution is 2.24. The van der Waals surface area contributed by atoms with Crippen LogP contribution in [-0.2, 0) is 0 Å². The predicted molar refractivity (Wildman–Crippen MR) is 115 cm³/mol. The number of alkyl halides is 3. The van der Waals surface area contributed by atoms with E-state index in [1.807, 2.05) is 18.8 Å². The van der Waals surface area contributed by atoms with Gasteiger partial charge in [0.25, 0.3) is 0 Å². The molecule has 0 spiro atoms. The van der Waals surface area contributed by atoms with Crippen molar-refractivity contribution in [1.29, 1.82) is 0 Å². The molecule has 26 heavy (non-hydrogen) atoms. The highest BCUT2D eigenvalue weighted by atomic mass is 127. The molecule has 0 saturated carbocycles. The van der Waals surface area contributed by atoms with Gasteiger partial charge in [0, 0.05) is 37.7 Å². The van der Waals surface area contributed by atoms with Gasteiger partial charge in [-0.05, 0) is 44.7 Å². The van der Waals surface area contributed by atoms with Crippen molar-refractivity contribution in [3.63, 3.8) is 0 Å². The number of likely N-dealkylation sites (tertiary alicyclic amines) is 1. The SMILES string of the molecule is CCC1CN(C(=NC)NCCC2CCN(CC(F)(F)F)CC2)CCS1.I. The molecule has 1 unspecified atom stereocenters. The minimum atomic E-state index is -4.08. The fourth-order valence-electron chi connectivity index (χ4n) is 3.57. The van der Waals surface area contributed by atoms with Crippen molar-refractivity contribution in [3.05, 3.63) is 0 Å². The molecule has 2 aliphatic rings. The summed E-state index contributed by atoms with van der Waals surface area (Å²) < 4.78 is 37.3. The molecule has 2 aliphatic heterocycles. The van der Waals surface area contributed by atoms with Crippen molar-refractivity contribution < 1.29 is 13.2 Å². The summed E-state index contributed by atoms with van der Waals surface area (Å²) in [5.41, 5.74) is 0. The molecule has 2 saturated heterocycles. The van der Waals surface area contributed by atoms with Crippen LogP contribution in [0.15, 0.2) is 4.99 Å². The van der Waals surface area contributed by atoms with E-state index in [1.165, 1.54) is 11.3 Å². The molecule has 0 aliphatic carbocycles. The molecule has 1 N–H and O–H groups in total. The minimum Gasteiger partial charge on any atom is -0.356 e. The Kier molecular flexibility index (Phi) is 11.0. The summed E-state index contributed by atoms with van der Waals surface area (Å²) >= 11 is 2.04. The Morgan fingerprint density at radius 2 is 1.92 bits per heavy atom. The van der Waals surface area contributed by atoms with Gasteiger partial charge in [-0.1, -0.05) is 6.92 Å². The predicted octanol–water partition coefficient (Wildman–Crippen LogP) is 3.67. The third-order valence-electron chi connectivity index (χ3n) is 5.05. The van der Waals surface area contributed by atoms with Crippen LogP contribution in [0.5, 0.6) is 0 Å². The highest BCUT2D eigenvalue weighted by molar-refractivity contribution is 14.0. The zero-order valence-corrected chi connectivity index (χ0v) is 18.9. The van der Waals surface area contributed by atoms with Crippen molar-refractivity contribution in [1.82, 2.24) is 15.1 Å². The molecule has 0 aromatic carbocycles. The van der Waals surface area contributed by atoms with Gasteiger partial charge >= 0.3 is 6.18 Å². The number of hydrogen-bond donors (Lipinski definition) is 1. The van der Waals surface area contributed by atoms with Gasteiger partial charge in [-0.2, -0.15) is 24.9 Å². The first kappa shape index (κ1) is 24.1. The molecule has 9 heteroatoms. The fourth-order valence-corrected chi connectivity index (χ4v) is 4.75. The first-order chi connectivity index (χ1) is 11.9. The summed E-state index contributed by atoms with van der Waals surface area (Å²) in [5, 5.41) is 4.13. The Morgan fingerprint density at radius 1 is 1.23 bits per heavy atom. The zero-order chi connectivity index (χ0) is 18.3. The molecule has 1 atom stereocenters. The molecule has 0 radical (unpaired) electrons. The van der Waals surface area contributed by atoms with E-state index < -0.39 is 12.7 Å². The number of nitrogens with zero attached hydrogens (tertiary/aromatic N) is 3. The van der Waals surface area contributed by atoms with E-state index in [9.17, 15) is 13.2 Å². The standard InChI is InChI=1S/C17H31F3N4S.HI/c1-3-15-12-24(10-11-25-15)16(21-2)22-7-4-14-5-8-23(9-6-14)13-17(18,19)20;/h14-15H,3-13H2,1-2H3,(H,21,22);1H. The molecular weight excluding hydrogens is 476 g/mol. The molecule has 2 fully saturated rings. The lowest BCUT2D eigenvalue weighted by Gasteiger charge is -2.35. The molecular formula is C17H32F3IN4S. The van der Waals surface area contributed by atoms with E-state index in [0.717, 1.165) is 50.6 Å². The van der Waals surface area contributed by atoms with Crippen molar-refractivity contribution in [2.45, 2.75) is 44.0 Å². The van der Waals surface area contributed by atoms with E-state index in [1.54, 1.807) is 0 Å². The Labute approximate surface area is 176 Å². The Morgan fingerprint density at radius 3 is 2.50 bits per heavy atom. The van der Waals surface area contributed by atoms with Crippen LogP contribution in [0.4, 0.5) is 13.2 Å². The maximum atomic E-state index is 12.4. The van der Waals surface area contributed by atoms with E-state index in [2.05, 4.69) is 22.1 Å². The van der Waals surface area contributed by atoms with Gasteiger partial charge in [-0.15, -0.1) is 24.0 Å². The second-order valence-corrected chi connectivity index (χ2v) is 8.35. The number of piperidine rings is 1. The van der Waals surface area contributed by atoms with E-state index in [4.69, 9.17) is 0 Å². The number of rotatable bonds is 5. The Bertz CT molecular complexity index is 429. The normalized spacial score (nSPS) is 23.7. The van der Waals surface area contributed by atoms with Gasteiger partial charge in [0.15, 0.2) is 5.96 Å². The largest absolute Gasteiger partial charge is 0.401 e. The molecule has 0 bridgehead atoms. The van der Waals surface area contributed by atoms with E-state index in [-0.39, 0.29) is 24.0 Å². The van der Waals surface area contributed by atoms with Crippen molar-refractivity contribution in [2.24, 2.45) is 10.9 Å². The lowest BCUT2D eigenvalue weighted by molar-refractivity contribution is -0.148. The van der Waals surface area contributed by atoms with Gasteiger partial charge in [-0.25, -0.2) is 0 Å². The monoisotopic (exact) mass is 508 g/mol. The average Bonchev–Trinajstić information content (AvgIpc) is 2.59. The van der Waals surface area contributed by atoms with Crippen LogP contribution in [-0.4, -0.2) is 79.3 Å². The summed E-state index contributed by atoms with van der Waals surface area (Å²) in [7, 11) is 1.82. The van der Waals surface area contributed by atoms with Gasteiger partial charge in [0.2, 0.25) is 0 Å². The summed E-state index contributed by atoms with van der Waals surface area (Å²) in [6.07, 6.45) is -0.194. The third-order valence-corrected chi connectivity index (χ3v) is 6.42. The maximum Gasteiger partial charge on any atom is 0.401 e. The van der Waals surface area contributed by atoms with Gasteiger partial charge < -0.3 is 10.2 Å². The lowest BCUT2D eigenvalue weighted by atomic mass is 9.93. The van der Waals surface area contributed by atoms with Crippen LogP contribution in [0, 0.1) is 5.92 Å². The van der Waals surface area contributed by atoms with Gasteiger partial charge in [-0.3, -0.25) is 9.89 Å². The third kappa shape index (κ3) is 8.41. The quantitative estimate of drug-likeness (QED) is 0.349. The van der Waals surface area contributed by atoms with Crippen LogP contribution in [0.1, 0.15) is 32.6 Å². The van der Waals surface area contributed by atoms with Crippen LogP contribution < -0.4 is 5.32 Å². The smallest absolute Gasteiger partial charge is 0.356 e. The van der Waals surface area contributed by atoms with E-state index >= 15 is 0 Å². The number of thioether (sulfide) groups is 1. The Hall–Kier alpha value is 0.1000. The van der Waals surface area contributed by atoms with Crippen molar-refractivity contribution in [2.75, 3.05) is 52.1 Å². The van der Waals surface area contributed by atoms with Gasteiger partial charge in [0.1, 0.15) is 0 Å². The molecule has 0 amide bonds. The topological polar surface area (TPSA) is 30.9 Å². The number of nitrogens with one attached hydrogen (secondary N) is 1. The number of aliphatic imine (C=N–C) groups is 1. The highest BCUT2D eigenvalue weighted by Gasteiger charge is 2.32. The summed E-state index contributed by atoms with van der Waals surface area (Å²) in [5.74, 6) is 2.61. The number of hydrogen-bond acceptors (Lipinski definition) is 3. The van der Waals surface area contributed by atoms with Crippen LogP contribution in [0.3, 0.4) is 0 Å². The van der Waals surface area contributed by atoms with Crippen LogP contribution in [0.25, 0.3) is 0 Å². The first-order valence-electron chi connectivity index (χ1n) is 9.27. The summed E-state index contributed by atoms with van der Waals surface area (Å²) in [6, 6.07) is 0. The molecule has 2 heterocycles. The number of guanidine groups is 1. The second-order valence-electron chi connectivity index (χ2n) is 6.94. The molecule has 0 aromatic heterocycles. The minimum absolute atomic E-state index is 0. The number of halogens is 4. The second kappa shape index (κ2) is 11.8. The molecule has 0 aromatic rings. The van der Waals surface area contributed by atoms with E-state index in [0.29, 0.717) is 24.3 Å². The van der Waals surface area contributed by atoms with Crippen LogP contribution in [0.2, 0.25) is 0 Å².